The second kappa shape index (κ2) is 21.6. The molecule has 1 amide bonds. The van der Waals surface area contributed by atoms with Crippen LogP contribution in [0.2, 0.25) is 0 Å². The minimum absolute atomic E-state index is 0.00932. The summed E-state index contributed by atoms with van der Waals surface area (Å²) in [5.41, 5.74) is 1.53. The van der Waals surface area contributed by atoms with Crippen molar-refractivity contribution in [3.63, 3.8) is 0 Å². The Balaban J connectivity index is 1.77. The molecule has 0 bridgehead atoms. The van der Waals surface area contributed by atoms with Gasteiger partial charge in [-0.2, -0.15) is 0 Å². The first-order chi connectivity index (χ1) is 28.9. The van der Waals surface area contributed by atoms with Crippen molar-refractivity contribution in [2.24, 2.45) is 22.9 Å². The number of benzene rings is 2. The van der Waals surface area contributed by atoms with Crippen LogP contribution in [-0.2, 0) is 14.3 Å². The molecule has 0 spiro atoms. The van der Waals surface area contributed by atoms with Crippen LogP contribution in [0.25, 0.3) is 0 Å². The Kier molecular flexibility index (Phi) is 16.7. The molecular formula is C45H61N3O12. The van der Waals surface area contributed by atoms with Crippen LogP contribution in [0.4, 0.5) is 10.5 Å². The number of ether oxygens (including phenoxy) is 5. The largest absolute Gasteiger partial charge is 0.490 e. The zero-order valence-electron chi connectivity index (χ0n) is 35.0. The zero-order chi connectivity index (χ0) is 43.3. The first kappa shape index (κ1) is 46.3. The van der Waals surface area contributed by atoms with E-state index in [1.54, 1.807) is 12.2 Å². The van der Waals surface area contributed by atoms with E-state index < -0.39 is 34.4 Å². The number of amides is 1. The molecule has 3 aliphatic rings. The van der Waals surface area contributed by atoms with Gasteiger partial charge >= 0.3 is 6.09 Å². The normalized spacial score (nSPS) is 23.7. The van der Waals surface area contributed by atoms with Gasteiger partial charge in [0.25, 0.3) is 5.69 Å². The summed E-state index contributed by atoms with van der Waals surface area (Å²) in [6.45, 7) is 13.8. The molecule has 6 atom stereocenters. The number of carbonyl (C=O) groups excluding carboxylic acids is 1. The van der Waals surface area contributed by atoms with Crippen molar-refractivity contribution < 1.29 is 53.6 Å². The van der Waals surface area contributed by atoms with Gasteiger partial charge in [-0.3, -0.25) is 15.0 Å². The summed E-state index contributed by atoms with van der Waals surface area (Å²) in [6.07, 6.45) is 9.20. The second-order valence-corrected chi connectivity index (χ2v) is 16.2. The minimum Gasteiger partial charge on any atom is -0.490 e. The lowest BCUT2D eigenvalue weighted by Gasteiger charge is -2.59. The number of aliphatic hydroxyl groups excluding tert-OH is 3. The fraction of sp³-hybridized carbons (Fsp3) is 0.556. The first-order valence-electron chi connectivity index (χ1n) is 20.8. The van der Waals surface area contributed by atoms with Gasteiger partial charge in [0.15, 0.2) is 0 Å². The van der Waals surface area contributed by atoms with Gasteiger partial charge in [0.2, 0.25) is 5.79 Å². The molecule has 328 valence electrons. The fourth-order valence-electron chi connectivity index (χ4n) is 8.58. The van der Waals surface area contributed by atoms with Crippen molar-refractivity contribution in [1.82, 2.24) is 4.90 Å². The number of nitro groups is 1. The summed E-state index contributed by atoms with van der Waals surface area (Å²) in [5, 5.41) is 45.5. The van der Waals surface area contributed by atoms with Gasteiger partial charge in [-0.25, -0.2) is 4.79 Å². The van der Waals surface area contributed by atoms with Gasteiger partial charge in [-0.1, -0.05) is 42.8 Å². The van der Waals surface area contributed by atoms with Crippen LogP contribution in [0.3, 0.4) is 0 Å². The maximum Gasteiger partial charge on any atom is 0.415 e. The number of oxime groups is 1. The van der Waals surface area contributed by atoms with E-state index in [0.717, 1.165) is 36.8 Å². The first-order valence-corrected chi connectivity index (χ1v) is 20.8. The number of non-ortho nitro benzene ring substituents is 1. The second-order valence-electron chi connectivity index (χ2n) is 16.2. The summed E-state index contributed by atoms with van der Waals surface area (Å²) in [4.78, 5) is 33.2. The Morgan fingerprint density at radius 1 is 0.983 bits per heavy atom. The van der Waals surface area contributed by atoms with E-state index in [4.69, 9.17) is 33.7 Å². The lowest BCUT2D eigenvalue weighted by molar-refractivity contribution is -0.384. The van der Waals surface area contributed by atoms with Crippen LogP contribution in [0.1, 0.15) is 77.2 Å². The Morgan fingerprint density at radius 3 is 2.33 bits per heavy atom. The number of rotatable bonds is 23. The molecule has 2 aromatic carbocycles. The average molecular weight is 836 g/mol. The summed E-state index contributed by atoms with van der Waals surface area (Å²) < 4.78 is 32.0. The molecule has 0 aromatic heterocycles. The molecule has 1 aliphatic heterocycles. The van der Waals surface area contributed by atoms with Crippen molar-refractivity contribution in [1.29, 1.82) is 0 Å². The molecule has 0 radical (unpaired) electrons. The monoisotopic (exact) mass is 835 g/mol. The van der Waals surface area contributed by atoms with Crippen LogP contribution in [0.15, 0.2) is 84.6 Å². The number of aliphatic hydroxyl groups is 3. The number of nitrogens with zero attached hydrogens (tertiary/aromatic N) is 3. The van der Waals surface area contributed by atoms with Crippen LogP contribution < -0.4 is 14.2 Å². The maximum absolute atomic E-state index is 14.7. The van der Waals surface area contributed by atoms with Gasteiger partial charge in [-0.05, 0) is 94.2 Å². The Labute approximate surface area is 352 Å². The van der Waals surface area contributed by atoms with Crippen molar-refractivity contribution in [2.45, 2.75) is 89.1 Å². The summed E-state index contributed by atoms with van der Waals surface area (Å²) in [5.74, 6) is -1.16. The van der Waals surface area contributed by atoms with Gasteiger partial charge in [-0.15, -0.1) is 6.58 Å². The predicted octanol–water partition coefficient (Wildman–Crippen LogP) is 7.10. The standard InChI is InChI=1S/C45H61N3O12/c1-6-24-56-34-18-19-39-37(29-34)41-35(13-9-11-22-50)31(12-8-10-21-49)28-36-38(46-60-44(3,4)5)30-40(45(59-39,42(36)41)57-25-7-2)47(20-26-55-27-23-51)43(52)58-33-16-14-32(15-17-33)48(53)54/h6-7,14-19,28-29,31,35,40-42,49-51H,1-2,8-13,20-27,30H2,3-5H3. The van der Waals surface area contributed by atoms with E-state index >= 15 is 0 Å². The SMILES string of the molecule is C=CCOc1ccc2c(c1)C1C(CCCCO)C(CCCCO)C=C3C(=NOC(C)(C)C)CC(N(CCOCCO)C(=O)Oc4ccc([N+](=O)[O-])cc4)C(OCC=C)(O2)C31. The molecular weight excluding hydrogens is 775 g/mol. The van der Waals surface area contributed by atoms with Gasteiger partial charge < -0.3 is 43.8 Å². The highest BCUT2D eigenvalue weighted by Crippen LogP contribution is 2.62. The smallest absolute Gasteiger partial charge is 0.415 e. The highest BCUT2D eigenvalue weighted by Gasteiger charge is 2.65. The zero-order valence-corrected chi connectivity index (χ0v) is 35.0. The van der Waals surface area contributed by atoms with E-state index in [-0.39, 0.29) is 81.8 Å². The molecule has 60 heavy (non-hydrogen) atoms. The molecule has 6 unspecified atom stereocenters. The maximum atomic E-state index is 14.7. The van der Waals surface area contributed by atoms with Crippen molar-refractivity contribution in [2.75, 3.05) is 52.8 Å². The minimum atomic E-state index is -1.57. The summed E-state index contributed by atoms with van der Waals surface area (Å²) in [6, 6.07) is 9.99. The van der Waals surface area contributed by atoms with Crippen molar-refractivity contribution in [3.8, 4) is 17.2 Å². The number of hydrogen-bond acceptors (Lipinski definition) is 13. The third-order valence-corrected chi connectivity index (χ3v) is 11.0. The highest BCUT2D eigenvalue weighted by molar-refractivity contribution is 6.03. The van der Waals surface area contributed by atoms with E-state index in [1.165, 1.54) is 29.2 Å². The van der Waals surface area contributed by atoms with E-state index in [0.29, 0.717) is 36.7 Å². The van der Waals surface area contributed by atoms with Crippen LogP contribution >= 0.6 is 0 Å². The van der Waals surface area contributed by atoms with Gasteiger partial charge in [0, 0.05) is 49.8 Å². The summed E-state index contributed by atoms with van der Waals surface area (Å²) >= 11 is 0. The third kappa shape index (κ3) is 11.1. The fourth-order valence-corrected chi connectivity index (χ4v) is 8.58. The van der Waals surface area contributed by atoms with E-state index in [2.05, 4.69) is 19.2 Å². The number of nitro benzene ring substituents is 1. The molecule has 15 heteroatoms. The molecule has 3 N–H and O–H groups in total. The Morgan fingerprint density at radius 2 is 1.68 bits per heavy atom. The number of allylic oxidation sites excluding steroid dienone is 1. The quantitative estimate of drug-likeness (QED) is 0.0446. The lowest BCUT2D eigenvalue weighted by Crippen LogP contribution is -2.70. The highest BCUT2D eigenvalue weighted by atomic mass is 16.7. The topological polar surface area (TPSA) is 192 Å². The van der Waals surface area contributed by atoms with Crippen molar-refractivity contribution in [3.05, 3.63) is 95.1 Å². The molecule has 15 nitrogen and oxygen atoms in total. The van der Waals surface area contributed by atoms with Crippen molar-refractivity contribution >= 4 is 17.5 Å². The van der Waals surface area contributed by atoms with E-state index in [1.807, 2.05) is 39.0 Å². The molecule has 2 aromatic rings. The number of carbonyl (C=O) groups is 1. The van der Waals surface area contributed by atoms with Crippen LogP contribution in [0.5, 0.6) is 17.2 Å². The van der Waals surface area contributed by atoms with Gasteiger partial charge in [0.1, 0.15) is 35.5 Å². The van der Waals surface area contributed by atoms with Gasteiger partial charge in [0.05, 0.1) is 43.0 Å². The molecule has 1 fully saturated rings. The molecule has 1 heterocycles. The lowest BCUT2D eigenvalue weighted by atomic mass is 9.55. The molecule has 1 saturated carbocycles. The molecule has 5 rings (SSSR count). The van der Waals surface area contributed by atoms with Crippen LogP contribution in [-0.4, -0.2) is 107 Å². The average Bonchev–Trinajstić information content (AvgIpc) is 3.22. The Hall–Kier alpha value is -4.80. The Bertz CT molecular complexity index is 1830. The van der Waals surface area contributed by atoms with Crippen LogP contribution in [0, 0.1) is 27.9 Å². The predicted molar refractivity (Wildman–Crippen MR) is 225 cm³/mol. The molecule has 2 aliphatic carbocycles. The number of fused-ring (bicyclic) bond motifs is 2. The molecule has 0 saturated heterocycles. The number of hydrogen-bond donors (Lipinski definition) is 3. The third-order valence-electron chi connectivity index (χ3n) is 11.0. The van der Waals surface area contributed by atoms with E-state index in [9.17, 15) is 30.2 Å². The number of unbranched alkanes of at least 4 members (excludes halogenated alkanes) is 2. The summed E-state index contributed by atoms with van der Waals surface area (Å²) in [7, 11) is 0.